The fourth-order valence-corrected chi connectivity index (χ4v) is 1.70. The van der Waals surface area contributed by atoms with E-state index in [2.05, 4.69) is 13.2 Å². The largest absolute Gasteiger partial charge is 0.456 e. The van der Waals surface area contributed by atoms with Crippen LogP contribution in [0.25, 0.3) is 0 Å². The summed E-state index contributed by atoms with van der Waals surface area (Å²) >= 11 is 0. The summed E-state index contributed by atoms with van der Waals surface area (Å²) in [5.74, 6) is -0.869. The predicted octanol–water partition coefficient (Wildman–Crippen LogP) is 3.56. The van der Waals surface area contributed by atoms with E-state index in [9.17, 15) is 9.59 Å². The third-order valence-corrected chi connectivity index (χ3v) is 3.71. The SMILES string of the molecule is C=CC(=O)OC(C)(CC)CCC(C)(CC)OC(=O)C=C. The Hall–Kier alpha value is -1.58. The zero-order valence-corrected chi connectivity index (χ0v) is 13.0. The number of carbonyl (C=O) groups excluding carboxylic acids is 2. The molecular formula is C16H26O4. The highest BCUT2D eigenvalue weighted by molar-refractivity contribution is 5.82. The second-order valence-electron chi connectivity index (χ2n) is 5.36. The smallest absolute Gasteiger partial charge is 0.330 e. The Kier molecular flexibility index (Phi) is 7.25. The zero-order valence-electron chi connectivity index (χ0n) is 13.0. The maximum absolute atomic E-state index is 11.4. The zero-order chi connectivity index (χ0) is 15.8. The van der Waals surface area contributed by atoms with Crippen molar-refractivity contribution in [2.75, 3.05) is 0 Å². The molecule has 0 fully saturated rings. The number of esters is 2. The van der Waals surface area contributed by atoms with Crippen molar-refractivity contribution in [1.29, 1.82) is 0 Å². The second kappa shape index (κ2) is 7.88. The highest BCUT2D eigenvalue weighted by Gasteiger charge is 2.32. The molecule has 0 aromatic carbocycles. The summed E-state index contributed by atoms with van der Waals surface area (Å²) in [7, 11) is 0. The molecule has 0 spiro atoms. The minimum atomic E-state index is -0.581. The van der Waals surface area contributed by atoms with Gasteiger partial charge in [0.1, 0.15) is 11.2 Å². The van der Waals surface area contributed by atoms with E-state index >= 15 is 0 Å². The molecule has 4 nitrogen and oxygen atoms in total. The maximum atomic E-state index is 11.4. The van der Waals surface area contributed by atoms with Crippen LogP contribution in [0.5, 0.6) is 0 Å². The van der Waals surface area contributed by atoms with E-state index in [0.29, 0.717) is 25.7 Å². The van der Waals surface area contributed by atoms with Crippen LogP contribution >= 0.6 is 0 Å². The molecule has 0 aromatic rings. The summed E-state index contributed by atoms with van der Waals surface area (Å²) in [6, 6.07) is 0. The van der Waals surface area contributed by atoms with Crippen LogP contribution in [-0.2, 0) is 19.1 Å². The normalized spacial score (nSPS) is 16.4. The number of ether oxygens (including phenoxy) is 2. The monoisotopic (exact) mass is 282 g/mol. The summed E-state index contributed by atoms with van der Waals surface area (Å²) in [6.07, 6.45) is 4.90. The standard InChI is InChI=1S/C16H26O4/c1-7-13(17)19-15(5,9-3)11-12-16(6,10-4)20-14(18)8-2/h7-8H,1-2,9-12H2,3-6H3. The molecule has 0 rings (SSSR count). The van der Waals surface area contributed by atoms with Gasteiger partial charge in [0.25, 0.3) is 0 Å². The van der Waals surface area contributed by atoms with Crippen LogP contribution in [0.1, 0.15) is 53.4 Å². The summed E-state index contributed by atoms with van der Waals surface area (Å²) < 4.78 is 10.8. The highest BCUT2D eigenvalue weighted by Crippen LogP contribution is 2.30. The lowest BCUT2D eigenvalue weighted by Gasteiger charge is -2.34. The average Bonchev–Trinajstić information content (AvgIpc) is 2.45. The number of rotatable bonds is 9. The van der Waals surface area contributed by atoms with Crippen molar-refractivity contribution in [2.24, 2.45) is 0 Å². The Morgan fingerprint density at radius 2 is 1.20 bits per heavy atom. The first kappa shape index (κ1) is 18.4. The molecule has 0 bridgehead atoms. The molecule has 2 atom stereocenters. The minimum absolute atomic E-state index is 0.435. The van der Waals surface area contributed by atoms with Crippen LogP contribution in [-0.4, -0.2) is 23.1 Å². The van der Waals surface area contributed by atoms with Gasteiger partial charge < -0.3 is 9.47 Å². The summed E-state index contributed by atoms with van der Waals surface area (Å²) in [5.41, 5.74) is -1.16. The van der Waals surface area contributed by atoms with Crippen molar-refractivity contribution in [3.63, 3.8) is 0 Å². The fraction of sp³-hybridized carbons (Fsp3) is 0.625. The molecule has 0 aliphatic carbocycles. The van der Waals surface area contributed by atoms with Gasteiger partial charge in [-0.1, -0.05) is 27.0 Å². The fourth-order valence-electron chi connectivity index (χ4n) is 1.70. The number of carbonyl (C=O) groups is 2. The molecule has 0 saturated heterocycles. The molecular weight excluding hydrogens is 256 g/mol. The third-order valence-electron chi connectivity index (χ3n) is 3.71. The van der Waals surface area contributed by atoms with Crippen molar-refractivity contribution >= 4 is 11.9 Å². The average molecular weight is 282 g/mol. The maximum Gasteiger partial charge on any atom is 0.330 e. The molecule has 0 heterocycles. The summed E-state index contributed by atoms with van der Waals surface area (Å²) in [4.78, 5) is 22.7. The molecule has 0 aliphatic heterocycles. The molecule has 0 saturated carbocycles. The van der Waals surface area contributed by atoms with Crippen LogP contribution in [0.3, 0.4) is 0 Å². The molecule has 0 N–H and O–H groups in total. The Labute approximate surface area is 121 Å². The van der Waals surface area contributed by atoms with Gasteiger partial charge in [-0.15, -0.1) is 0 Å². The topological polar surface area (TPSA) is 52.6 Å². The van der Waals surface area contributed by atoms with Crippen LogP contribution in [0.2, 0.25) is 0 Å². The number of hydrogen-bond donors (Lipinski definition) is 0. The Morgan fingerprint density at radius 3 is 1.40 bits per heavy atom. The van der Waals surface area contributed by atoms with Gasteiger partial charge in [-0.05, 0) is 39.5 Å². The van der Waals surface area contributed by atoms with Crippen LogP contribution in [0, 0.1) is 0 Å². The molecule has 0 aromatic heterocycles. The first-order valence-electron chi connectivity index (χ1n) is 6.95. The van der Waals surface area contributed by atoms with E-state index in [4.69, 9.17) is 9.47 Å². The Bertz CT molecular complexity index is 339. The third kappa shape index (κ3) is 6.04. The summed E-state index contributed by atoms with van der Waals surface area (Å²) in [5, 5.41) is 0. The van der Waals surface area contributed by atoms with Gasteiger partial charge in [-0.3, -0.25) is 0 Å². The molecule has 20 heavy (non-hydrogen) atoms. The molecule has 114 valence electrons. The lowest BCUT2D eigenvalue weighted by molar-refractivity contribution is -0.160. The first-order valence-corrected chi connectivity index (χ1v) is 6.95. The lowest BCUT2D eigenvalue weighted by atomic mass is 9.88. The van der Waals surface area contributed by atoms with Crippen LogP contribution in [0.4, 0.5) is 0 Å². The van der Waals surface area contributed by atoms with Crippen molar-refractivity contribution in [3.8, 4) is 0 Å². The van der Waals surface area contributed by atoms with E-state index in [-0.39, 0.29) is 0 Å². The van der Waals surface area contributed by atoms with E-state index < -0.39 is 23.1 Å². The molecule has 0 amide bonds. The molecule has 0 radical (unpaired) electrons. The summed E-state index contributed by atoms with van der Waals surface area (Å²) in [6.45, 7) is 14.5. The van der Waals surface area contributed by atoms with Gasteiger partial charge in [0, 0.05) is 12.2 Å². The minimum Gasteiger partial charge on any atom is -0.456 e. The predicted molar refractivity (Wildman–Crippen MR) is 79.2 cm³/mol. The van der Waals surface area contributed by atoms with Gasteiger partial charge in [-0.2, -0.15) is 0 Å². The van der Waals surface area contributed by atoms with Gasteiger partial charge in [-0.25, -0.2) is 9.59 Å². The Morgan fingerprint density at radius 1 is 0.900 bits per heavy atom. The second-order valence-corrected chi connectivity index (χ2v) is 5.36. The van der Waals surface area contributed by atoms with Crippen molar-refractivity contribution < 1.29 is 19.1 Å². The van der Waals surface area contributed by atoms with Crippen molar-refractivity contribution in [1.82, 2.24) is 0 Å². The molecule has 0 aliphatic rings. The van der Waals surface area contributed by atoms with E-state index in [1.807, 2.05) is 27.7 Å². The van der Waals surface area contributed by atoms with E-state index in [1.54, 1.807) is 0 Å². The van der Waals surface area contributed by atoms with Gasteiger partial charge >= 0.3 is 11.9 Å². The van der Waals surface area contributed by atoms with Gasteiger partial charge in [0.05, 0.1) is 0 Å². The number of hydrogen-bond acceptors (Lipinski definition) is 4. The van der Waals surface area contributed by atoms with Gasteiger partial charge in [0.2, 0.25) is 0 Å². The van der Waals surface area contributed by atoms with Crippen LogP contribution < -0.4 is 0 Å². The lowest BCUT2D eigenvalue weighted by Crippen LogP contribution is -2.36. The Balaban J connectivity index is 4.73. The quantitative estimate of drug-likeness (QED) is 0.479. The van der Waals surface area contributed by atoms with Gasteiger partial charge in [0.15, 0.2) is 0 Å². The van der Waals surface area contributed by atoms with E-state index in [1.165, 1.54) is 0 Å². The van der Waals surface area contributed by atoms with Crippen molar-refractivity contribution in [2.45, 2.75) is 64.6 Å². The van der Waals surface area contributed by atoms with E-state index in [0.717, 1.165) is 12.2 Å². The van der Waals surface area contributed by atoms with Crippen LogP contribution in [0.15, 0.2) is 25.3 Å². The van der Waals surface area contributed by atoms with Crippen molar-refractivity contribution in [3.05, 3.63) is 25.3 Å². The highest BCUT2D eigenvalue weighted by atomic mass is 16.6. The first-order chi connectivity index (χ1) is 9.24. The molecule has 2 unspecified atom stereocenters. The molecule has 4 heteroatoms.